The van der Waals surface area contributed by atoms with Crippen LogP contribution in [0.1, 0.15) is 11.6 Å². The lowest BCUT2D eigenvalue weighted by molar-refractivity contribution is 0.336. The lowest BCUT2D eigenvalue weighted by Crippen LogP contribution is -2.42. The molecule has 0 aliphatic carbocycles. The van der Waals surface area contributed by atoms with Crippen molar-refractivity contribution < 1.29 is 14.6 Å². The number of methoxy groups -OCH3 is 2. The molecular formula is C12H19ClN2O3. The van der Waals surface area contributed by atoms with Gasteiger partial charge in [0.05, 0.1) is 14.2 Å². The van der Waals surface area contributed by atoms with E-state index in [4.69, 9.17) is 9.47 Å². The molecule has 0 bridgehead atoms. The summed E-state index contributed by atoms with van der Waals surface area (Å²) >= 11 is 0. The summed E-state index contributed by atoms with van der Waals surface area (Å²) in [4.78, 5) is 0. The summed E-state index contributed by atoms with van der Waals surface area (Å²) in [5.41, 5.74) is 1.05. The Balaban J connectivity index is 0.00000162. The lowest BCUT2D eigenvalue weighted by atomic mass is 10.0. The van der Waals surface area contributed by atoms with Crippen molar-refractivity contribution in [1.29, 1.82) is 0 Å². The maximum Gasteiger partial charge on any atom is 0.200 e. The molecule has 0 saturated carbocycles. The van der Waals surface area contributed by atoms with Gasteiger partial charge in [0.1, 0.15) is 0 Å². The molecule has 18 heavy (non-hydrogen) atoms. The van der Waals surface area contributed by atoms with Crippen LogP contribution in [0.4, 0.5) is 0 Å². The number of hydrogen-bond acceptors (Lipinski definition) is 5. The number of aromatic hydroxyl groups is 1. The summed E-state index contributed by atoms with van der Waals surface area (Å²) in [6.07, 6.45) is 0. The first-order valence-corrected chi connectivity index (χ1v) is 5.65. The van der Waals surface area contributed by atoms with Gasteiger partial charge in [-0.05, 0) is 17.7 Å². The molecule has 1 heterocycles. The minimum absolute atomic E-state index is 0. The molecular weight excluding hydrogens is 256 g/mol. The van der Waals surface area contributed by atoms with Crippen LogP contribution in [0.15, 0.2) is 12.1 Å². The van der Waals surface area contributed by atoms with Gasteiger partial charge in [-0.1, -0.05) is 0 Å². The molecule has 1 fully saturated rings. The van der Waals surface area contributed by atoms with Crippen molar-refractivity contribution in [3.63, 3.8) is 0 Å². The van der Waals surface area contributed by atoms with E-state index in [0.29, 0.717) is 11.5 Å². The van der Waals surface area contributed by atoms with Crippen LogP contribution in [0, 0.1) is 0 Å². The van der Waals surface area contributed by atoms with Gasteiger partial charge in [0, 0.05) is 25.7 Å². The predicted molar refractivity (Wildman–Crippen MR) is 72.1 cm³/mol. The zero-order valence-electron chi connectivity index (χ0n) is 10.5. The highest BCUT2D eigenvalue weighted by molar-refractivity contribution is 5.85. The second-order valence-corrected chi connectivity index (χ2v) is 3.98. The minimum Gasteiger partial charge on any atom is -0.502 e. The summed E-state index contributed by atoms with van der Waals surface area (Å²) < 4.78 is 10.3. The number of halogens is 1. The van der Waals surface area contributed by atoms with Crippen molar-refractivity contribution in [2.24, 2.45) is 0 Å². The molecule has 102 valence electrons. The van der Waals surface area contributed by atoms with Gasteiger partial charge < -0.3 is 25.2 Å². The van der Waals surface area contributed by atoms with Crippen LogP contribution in [0.2, 0.25) is 0 Å². The van der Waals surface area contributed by atoms with Gasteiger partial charge in [0.25, 0.3) is 0 Å². The number of phenolic OH excluding ortho intramolecular Hbond substituents is 1. The largest absolute Gasteiger partial charge is 0.502 e. The van der Waals surface area contributed by atoms with Gasteiger partial charge in [0.2, 0.25) is 5.75 Å². The Morgan fingerprint density at radius 2 is 1.78 bits per heavy atom. The highest BCUT2D eigenvalue weighted by atomic mass is 35.5. The van der Waals surface area contributed by atoms with Crippen molar-refractivity contribution in [3.05, 3.63) is 17.7 Å². The fraction of sp³-hybridized carbons (Fsp3) is 0.500. The van der Waals surface area contributed by atoms with E-state index in [2.05, 4.69) is 10.6 Å². The van der Waals surface area contributed by atoms with Crippen molar-refractivity contribution in [1.82, 2.24) is 10.6 Å². The van der Waals surface area contributed by atoms with Gasteiger partial charge in [-0.2, -0.15) is 0 Å². The molecule has 0 spiro atoms. The highest BCUT2D eigenvalue weighted by Gasteiger charge is 2.19. The van der Waals surface area contributed by atoms with Gasteiger partial charge in [0.15, 0.2) is 11.5 Å². The normalized spacial score (nSPS) is 18.9. The predicted octanol–water partition coefficient (Wildman–Crippen LogP) is 1.07. The molecule has 0 aromatic heterocycles. The molecule has 1 saturated heterocycles. The third-order valence-corrected chi connectivity index (χ3v) is 2.95. The molecule has 1 aliphatic rings. The van der Waals surface area contributed by atoms with Crippen LogP contribution in [-0.2, 0) is 0 Å². The standard InChI is InChI=1S/C12H18N2O3.ClH/c1-16-10-5-8(6-11(17-2)12(10)15)9-7-13-3-4-14-9;/h5-6,9,13-15H,3-4,7H2,1-2H3;1H/t9-;/m1./s1. The minimum atomic E-state index is 0. The van der Waals surface area contributed by atoms with Gasteiger partial charge in [-0.15, -0.1) is 12.4 Å². The van der Waals surface area contributed by atoms with E-state index >= 15 is 0 Å². The molecule has 1 aliphatic heterocycles. The van der Waals surface area contributed by atoms with Crippen LogP contribution in [0.5, 0.6) is 17.2 Å². The highest BCUT2D eigenvalue weighted by Crippen LogP contribution is 2.38. The Labute approximate surface area is 113 Å². The molecule has 6 heteroatoms. The fourth-order valence-corrected chi connectivity index (χ4v) is 2.00. The molecule has 1 aromatic rings. The van der Waals surface area contributed by atoms with Crippen LogP contribution in [0.3, 0.4) is 0 Å². The van der Waals surface area contributed by atoms with Crippen LogP contribution >= 0.6 is 12.4 Å². The fourth-order valence-electron chi connectivity index (χ4n) is 2.00. The third-order valence-electron chi connectivity index (χ3n) is 2.95. The second kappa shape index (κ2) is 6.68. The first-order valence-electron chi connectivity index (χ1n) is 5.65. The second-order valence-electron chi connectivity index (χ2n) is 3.98. The molecule has 0 radical (unpaired) electrons. The summed E-state index contributed by atoms with van der Waals surface area (Å²) in [6, 6.07) is 3.89. The van der Waals surface area contributed by atoms with Crippen LogP contribution < -0.4 is 20.1 Å². The number of ether oxygens (including phenoxy) is 2. The quantitative estimate of drug-likeness (QED) is 0.770. The number of nitrogens with one attached hydrogen (secondary N) is 2. The van der Waals surface area contributed by atoms with E-state index in [0.717, 1.165) is 25.2 Å². The first kappa shape index (κ1) is 14.9. The Morgan fingerprint density at radius 3 is 2.22 bits per heavy atom. The number of hydrogen-bond donors (Lipinski definition) is 3. The Hall–Kier alpha value is -1.17. The van der Waals surface area contributed by atoms with Crippen molar-refractivity contribution >= 4 is 12.4 Å². The molecule has 2 rings (SSSR count). The zero-order valence-corrected chi connectivity index (χ0v) is 11.3. The molecule has 1 aromatic carbocycles. The third kappa shape index (κ3) is 2.98. The summed E-state index contributed by atoms with van der Waals surface area (Å²) in [5.74, 6) is 0.918. The number of phenols is 1. The monoisotopic (exact) mass is 274 g/mol. The SMILES string of the molecule is COc1cc([C@H]2CNCCN2)cc(OC)c1O.Cl. The van der Waals surface area contributed by atoms with E-state index in [1.165, 1.54) is 14.2 Å². The molecule has 3 N–H and O–H groups in total. The van der Waals surface area contributed by atoms with E-state index in [1.54, 1.807) is 0 Å². The van der Waals surface area contributed by atoms with Crippen molar-refractivity contribution in [2.75, 3.05) is 33.9 Å². The van der Waals surface area contributed by atoms with Crippen LogP contribution in [0.25, 0.3) is 0 Å². The molecule has 5 nitrogen and oxygen atoms in total. The van der Waals surface area contributed by atoms with Gasteiger partial charge in [-0.3, -0.25) is 0 Å². The Morgan fingerprint density at radius 1 is 1.17 bits per heavy atom. The van der Waals surface area contributed by atoms with E-state index < -0.39 is 0 Å². The average Bonchev–Trinajstić information content (AvgIpc) is 2.40. The smallest absolute Gasteiger partial charge is 0.200 e. The first-order chi connectivity index (χ1) is 8.26. The van der Waals surface area contributed by atoms with Crippen molar-refractivity contribution in [3.8, 4) is 17.2 Å². The van der Waals surface area contributed by atoms with E-state index in [-0.39, 0.29) is 24.2 Å². The zero-order chi connectivity index (χ0) is 12.3. The maximum absolute atomic E-state index is 9.83. The Bertz CT molecular complexity index is 370. The number of rotatable bonds is 3. The summed E-state index contributed by atoms with van der Waals surface area (Å²) in [5, 5.41) is 16.5. The summed E-state index contributed by atoms with van der Waals surface area (Å²) in [7, 11) is 3.07. The van der Waals surface area contributed by atoms with Crippen molar-refractivity contribution in [2.45, 2.75) is 6.04 Å². The molecule has 1 atom stereocenters. The Kier molecular flexibility index (Phi) is 5.53. The topological polar surface area (TPSA) is 62.8 Å². The average molecular weight is 275 g/mol. The van der Waals surface area contributed by atoms with E-state index in [1.807, 2.05) is 12.1 Å². The van der Waals surface area contributed by atoms with Gasteiger partial charge in [-0.25, -0.2) is 0 Å². The van der Waals surface area contributed by atoms with E-state index in [9.17, 15) is 5.11 Å². The van der Waals surface area contributed by atoms with Gasteiger partial charge >= 0.3 is 0 Å². The van der Waals surface area contributed by atoms with Crippen LogP contribution in [-0.4, -0.2) is 39.0 Å². The lowest BCUT2D eigenvalue weighted by Gasteiger charge is -2.25. The molecule has 0 amide bonds. The maximum atomic E-state index is 9.83. The number of benzene rings is 1. The number of piperazine rings is 1. The molecule has 0 unspecified atom stereocenters. The summed E-state index contributed by atoms with van der Waals surface area (Å²) in [6.45, 7) is 2.76.